The molecule has 7 heteroatoms. The van der Waals surface area contributed by atoms with Gasteiger partial charge in [0.25, 0.3) is 0 Å². The van der Waals surface area contributed by atoms with Crippen molar-refractivity contribution in [1.29, 1.82) is 0 Å². The first-order valence-electron chi connectivity index (χ1n) is 6.97. The lowest BCUT2D eigenvalue weighted by atomic mass is 10.2. The number of hydrogen-bond donors (Lipinski definition) is 2. The van der Waals surface area contributed by atoms with Gasteiger partial charge in [-0.3, -0.25) is 9.59 Å². The summed E-state index contributed by atoms with van der Waals surface area (Å²) in [5, 5.41) is 6.67. The number of rotatable bonds is 6. The van der Waals surface area contributed by atoms with Crippen LogP contribution in [-0.2, 0) is 9.59 Å². The van der Waals surface area contributed by atoms with Crippen LogP contribution in [0.15, 0.2) is 23.3 Å². The Bertz CT molecular complexity index is 559. The van der Waals surface area contributed by atoms with E-state index in [0.717, 1.165) is 0 Å². The van der Waals surface area contributed by atoms with Crippen molar-refractivity contribution in [2.75, 3.05) is 13.2 Å². The number of hydrazone groups is 1. The number of amides is 2. The minimum atomic E-state index is -0.811. The number of ether oxygens (including phenoxy) is 1. The molecule has 0 bridgehead atoms. The standard InChI is InChI=1S/C15H20ClN3O3/c1-4-22-13-6-5-11(7-12(13)16)9-18-19-15(21)14(20)17-8-10(2)3/h5-7,9-10H,4,8H2,1-3H3,(H,17,20)(H,19,21)/b18-9-. The van der Waals surface area contributed by atoms with Gasteiger partial charge in [-0.25, -0.2) is 5.43 Å². The molecule has 0 spiro atoms. The van der Waals surface area contributed by atoms with E-state index in [-0.39, 0.29) is 5.92 Å². The summed E-state index contributed by atoms with van der Waals surface area (Å²) in [5.41, 5.74) is 2.84. The topological polar surface area (TPSA) is 79.8 Å². The first-order valence-corrected chi connectivity index (χ1v) is 7.35. The van der Waals surface area contributed by atoms with Gasteiger partial charge in [0, 0.05) is 6.54 Å². The fourth-order valence-corrected chi connectivity index (χ4v) is 1.71. The molecule has 0 aliphatic heterocycles. The first kappa shape index (κ1) is 18.0. The van der Waals surface area contributed by atoms with Crippen molar-refractivity contribution in [3.05, 3.63) is 28.8 Å². The lowest BCUT2D eigenvalue weighted by Crippen LogP contribution is -2.39. The lowest BCUT2D eigenvalue weighted by Gasteiger charge is -2.06. The average Bonchev–Trinajstić information content (AvgIpc) is 2.47. The Balaban J connectivity index is 2.53. The minimum Gasteiger partial charge on any atom is -0.492 e. The van der Waals surface area contributed by atoms with Crippen LogP contribution in [0.1, 0.15) is 26.3 Å². The molecule has 1 aromatic carbocycles. The number of benzene rings is 1. The molecule has 0 fully saturated rings. The van der Waals surface area contributed by atoms with Crippen LogP contribution in [0.25, 0.3) is 0 Å². The molecule has 0 saturated carbocycles. The lowest BCUT2D eigenvalue weighted by molar-refractivity contribution is -0.139. The first-order chi connectivity index (χ1) is 10.4. The van der Waals surface area contributed by atoms with Gasteiger partial charge >= 0.3 is 11.8 Å². The zero-order valence-corrected chi connectivity index (χ0v) is 13.6. The number of carbonyl (C=O) groups is 2. The van der Waals surface area contributed by atoms with Crippen molar-refractivity contribution in [3.8, 4) is 5.75 Å². The number of nitrogens with one attached hydrogen (secondary N) is 2. The Morgan fingerprint density at radius 1 is 1.36 bits per heavy atom. The molecule has 0 aliphatic rings. The summed E-state index contributed by atoms with van der Waals surface area (Å²) in [5.74, 6) is -0.672. The molecule has 1 aromatic rings. The predicted molar refractivity (Wildman–Crippen MR) is 86.2 cm³/mol. The second kappa shape index (κ2) is 9.04. The molecule has 0 radical (unpaired) electrons. The zero-order valence-electron chi connectivity index (χ0n) is 12.9. The molecule has 120 valence electrons. The molecule has 22 heavy (non-hydrogen) atoms. The zero-order chi connectivity index (χ0) is 16.5. The van der Waals surface area contributed by atoms with E-state index in [2.05, 4.69) is 15.8 Å². The van der Waals surface area contributed by atoms with Crippen LogP contribution >= 0.6 is 11.6 Å². The van der Waals surface area contributed by atoms with Crippen molar-refractivity contribution >= 4 is 29.6 Å². The van der Waals surface area contributed by atoms with E-state index in [9.17, 15) is 9.59 Å². The third-order valence-electron chi connectivity index (χ3n) is 2.51. The third-order valence-corrected chi connectivity index (χ3v) is 2.81. The maximum atomic E-state index is 11.5. The molecule has 0 aliphatic carbocycles. The van der Waals surface area contributed by atoms with E-state index >= 15 is 0 Å². The SMILES string of the molecule is CCOc1ccc(/C=N\NC(=O)C(=O)NCC(C)C)cc1Cl. The van der Waals surface area contributed by atoms with Crippen LogP contribution in [0, 0.1) is 5.92 Å². The van der Waals surface area contributed by atoms with Gasteiger partial charge in [0.2, 0.25) is 0 Å². The fourth-order valence-electron chi connectivity index (χ4n) is 1.46. The van der Waals surface area contributed by atoms with Crippen molar-refractivity contribution in [1.82, 2.24) is 10.7 Å². The molecule has 6 nitrogen and oxygen atoms in total. The van der Waals surface area contributed by atoms with Crippen molar-refractivity contribution in [2.24, 2.45) is 11.0 Å². The van der Waals surface area contributed by atoms with E-state index in [4.69, 9.17) is 16.3 Å². The van der Waals surface area contributed by atoms with E-state index in [1.54, 1.807) is 18.2 Å². The van der Waals surface area contributed by atoms with Crippen molar-refractivity contribution in [2.45, 2.75) is 20.8 Å². The largest absolute Gasteiger partial charge is 0.492 e. The van der Waals surface area contributed by atoms with Crippen LogP contribution in [0.5, 0.6) is 5.75 Å². The Morgan fingerprint density at radius 2 is 2.09 bits per heavy atom. The van der Waals surface area contributed by atoms with Gasteiger partial charge in [-0.2, -0.15) is 5.10 Å². The molecular formula is C15H20ClN3O3. The van der Waals surface area contributed by atoms with Gasteiger partial charge < -0.3 is 10.1 Å². The smallest absolute Gasteiger partial charge is 0.329 e. The fraction of sp³-hybridized carbons (Fsp3) is 0.400. The monoisotopic (exact) mass is 325 g/mol. The quantitative estimate of drug-likeness (QED) is 0.476. The Labute approximate surface area is 134 Å². The maximum absolute atomic E-state index is 11.5. The highest BCUT2D eigenvalue weighted by Gasteiger charge is 2.12. The molecule has 2 amide bonds. The van der Waals surface area contributed by atoms with Crippen LogP contribution in [0.2, 0.25) is 5.02 Å². The van der Waals surface area contributed by atoms with Crippen LogP contribution in [-0.4, -0.2) is 31.2 Å². The molecule has 2 N–H and O–H groups in total. The normalized spacial score (nSPS) is 10.8. The summed E-state index contributed by atoms with van der Waals surface area (Å²) in [6.07, 6.45) is 1.40. The van der Waals surface area contributed by atoms with Gasteiger partial charge in [-0.1, -0.05) is 25.4 Å². The molecule has 0 saturated heterocycles. The van der Waals surface area contributed by atoms with Gasteiger partial charge in [0.1, 0.15) is 5.75 Å². The average molecular weight is 326 g/mol. The summed E-state index contributed by atoms with van der Waals surface area (Å²) in [7, 11) is 0. The van der Waals surface area contributed by atoms with Crippen LogP contribution in [0.3, 0.4) is 0 Å². The van der Waals surface area contributed by atoms with E-state index in [1.807, 2.05) is 20.8 Å². The predicted octanol–water partition coefficient (Wildman–Crippen LogP) is 1.96. The van der Waals surface area contributed by atoms with Gasteiger partial charge in [0.05, 0.1) is 17.8 Å². The maximum Gasteiger partial charge on any atom is 0.329 e. The van der Waals surface area contributed by atoms with E-state index < -0.39 is 11.8 Å². The highest BCUT2D eigenvalue weighted by Crippen LogP contribution is 2.24. The second-order valence-corrected chi connectivity index (χ2v) is 5.33. The van der Waals surface area contributed by atoms with Crippen LogP contribution < -0.4 is 15.5 Å². The van der Waals surface area contributed by atoms with Gasteiger partial charge in [-0.15, -0.1) is 0 Å². The summed E-state index contributed by atoms with van der Waals surface area (Å²) < 4.78 is 5.31. The van der Waals surface area contributed by atoms with E-state index in [0.29, 0.717) is 29.5 Å². The van der Waals surface area contributed by atoms with Gasteiger partial charge in [0.15, 0.2) is 0 Å². The highest BCUT2D eigenvalue weighted by molar-refractivity contribution is 6.35. The van der Waals surface area contributed by atoms with Crippen molar-refractivity contribution < 1.29 is 14.3 Å². The number of nitrogens with zero attached hydrogens (tertiary/aromatic N) is 1. The second-order valence-electron chi connectivity index (χ2n) is 4.93. The Morgan fingerprint density at radius 3 is 2.68 bits per heavy atom. The van der Waals surface area contributed by atoms with Gasteiger partial charge in [-0.05, 0) is 36.6 Å². The summed E-state index contributed by atoms with van der Waals surface area (Å²) in [6, 6.07) is 5.11. The number of halogens is 1. The molecule has 0 atom stereocenters. The minimum absolute atomic E-state index is 0.270. The Kier molecular flexibility index (Phi) is 7.39. The molecule has 0 heterocycles. The third kappa shape index (κ3) is 6.13. The summed E-state index contributed by atoms with van der Waals surface area (Å²) in [6.45, 7) is 6.70. The molecule has 1 rings (SSSR count). The molecule has 0 unspecified atom stereocenters. The van der Waals surface area contributed by atoms with Crippen LogP contribution in [0.4, 0.5) is 0 Å². The van der Waals surface area contributed by atoms with Crippen molar-refractivity contribution in [3.63, 3.8) is 0 Å². The summed E-state index contributed by atoms with van der Waals surface area (Å²) in [4.78, 5) is 22.9. The highest BCUT2D eigenvalue weighted by atomic mass is 35.5. The molecular weight excluding hydrogens is 306 g/mol. The number of carbonyl (C=O) groups excluding carboxylic acids is 2. The number of hydrogen-bond acceptors (Lipinski definition) is 4. The Hall–Kier alpha value is -2.08. The molecule has 0 aromatic heterocycles. The summed E-state index contributed by atoms with van der Waals surface area (Å²) >= 11 is 6.03. The van der Waals surface area contributed by atoms with E-state index in [1.165, 1.54) is 6.21 Å².